The summed E-state index contributed by atoms with van der Waals surface area (Å²) < 4.78 is 10.9. The van der Waals surface area contributed by atoms with Crippen molar-refractivity contribution in [1.82, 2.24) is 0 Å². The van der Waals surface area contributed by atoms with Crippen LogP contribution in [0, 0.1) is 10.1 Å². The largest absolute Gasteiger partial charge is 0.490 e. The first-order valence-electron chi connectivity index (χ1n) is 6.01. The summed E-state index contributed by atoms with van der Waals surface area (Å²) in [7, 11) is 0. The number of benzene rings is 2. The maximum atomic E-state index is 10.5. The third-order valence-corrected chi connectivity index (χ3v) is 2.55. The van der Waals surface area contributed by atoms with Crippen molar-refractivity contribution in [3.8, 4) is 11.5 Å². The first-order chi connectivity index (χ1) is 9.65. The molecule has 0 radical (unpaired) electrons. The van der Waals surface area contributed by atoms with Gasteiger partial charge in [-0.25, -0.2) is 0 Å². The number of nitro benzene ring substituents is 1. The van der Waals surface area contributed by atoms with Crippen LogP contribution in [0.4, 0.5) is 11.4 Å². The molecule has 0 spiro atoms. The van der Waals surface area contributed by atoms with Crippen LogP contribution in [0.1, 0.15) is 0 Å². The molecular weight excluding hydrogens is 260 g/mol. The quantitative estimate of drug-likeness (QED) is 0.378. The van der Waals surface area contributed by atoms with Gasteiger partial charge in [-0.1, -0.05) is 0 Å². The van der Waals surface area contributed by atoms with E-state index in [9.17, 15) is 10.1 Å². The second-order valence-electron chi connectivity index (χ2n) is 4.02. The van der Waals surface area contributed by atoms with E-state index < -0.39 is 4.92 Å². The Morgan fingerprint density at radius 2 is 1.35 bits per heavy atom. The summed E-state index contributed by atoms with van der Waals surface area (Å²) in [5.41, 5.74) is 6.28. The lowest BCUT2D eigenvalue weighted by molar-refractivity contribution is -0.384. The van der Waals surface area contributed by atoms with Gasteiger partial charge in [-0.15, -0.1) is 0 Å². The number of nitrogens with two attached hydrogens (primary N) is 1. The van der Waals surface area contributed by atoms with Crippen LogP contribution in [0.15, 0.2) is 48.5 Å². The predicted molar refractivity (Wildman–Crippen MR) is 74.9 cm³/mol. The van der Waals surface area contributed by atoms with E-state index in [-0.39, 0.29) is 5.69 Å². The van der Waals surface area contributed by atoms with Crippen molar-refractivity contribution < 1.29 is 14.4 Å². The van der Waals surface area contributed by atoms with Crippen molar-refractivity contribution in [2.75, 3.05) is 18.9 Å². The number of hydrogen-bond donors (Lipinski definition) is 1. The Kier molecular flexibility index (Phi) is 4.39. The molecule has 20 heavy (non-hydrogen) atoms. The van der Waals surface area contributed by atoms with Crippen molar-refractivity contribution >= 4 is 11.4 Å². The molecule has 2 rings (SSSR count). The smallest absolute Gasteiger partial charge is 0.269 e. The third kappa shape index (κ3) is 3.88. The van der Waals surface area contributed by atoms with Crippen LogP contribution in [-0.2, 0) is 0 Å². The van der Waals surface area contributed by atoms with E-state index in [0.717, 1.165) is 0 Å². The third-order valence-electron chi connectivity index (χ3n) is 2.55. The highest BCUT2D eigenvalue weighted by atomic mass is 16.6. The van der Waals surface area contributed by atoms with Crippen LogP contribution in [0.5, 0.6) is 11.5 Å². The minimum Gasteiger partial charge on any atom is -0.490 e. The van der Waals surface area contributed by atoms with Crippen LogP contribution in [0.25, 0.3) is 0 Å². The van der Waals surface area contributed by atoms with Gasteiger partial charge in [0, 0.05) is 17.8 Å². The molecule has 0 saturated carbocycles. The zero-order valence-corrected chi connectivity index (χ0v) is 10.7. The van der Waals surface area contributed by atoms with Gasteiger partial charge < -0.3 is 15.2 Å². The highest BCUT2D eigenvalue weighted by Gasteiger charge is 2.04. The Hall–Kier alpha value is -2.76. The highest BCUT2D eigenvalue weighted by Crippen LogP contribution is 2.17. The van der Waals surface area contributed by atoms with E-state index in [0.29, 0.717) is 30.4 Å². The van der Waals surface area contributed by atoms with E-state index in [4.69, 9.17) is 15.2 Å². The molecule has 0 unspecified atom stereocenters. The molecule has 0 aliphatic rings. The molecule has 6 heteroatoms. The number of non-ortho nitro benzene ring substituents is 1. The van der Waals surface area contributed by atoms with E-state index in [1.165, 1.54) is 12.1 Å². The second-order valence-corrected chi connectivity index (χ2v) is 4.02. The van der Waals surface area contributed by atoms with Gasteiger partial charge in [-0.3, -0.25) is 10.1 Å². The van der Waals surface area contributed by atoms with Gasteiger partial charge in [-0.05, 0) is 36.4 Å². The van der Waals surface area contributed by atoms with E-state index in [1.54, 1.807) is 36.4 Å². The Morgan fingerprint density at radius 3 is 1.80 bits per heavy atom. The van der Waals surface area contributed by atoms with Crippen molar-refractivity contribution in [3.63, 3.8) is 0 Å². The Labute approximate surface area is 115 Å². The maximum Gasteiger partial charge on any atom is 0.269 e. The number of nitro groups is 1. The molecule has 2 aromatic carbocycles. The fourth-order valence-electron chi connectivity index (χ4n) is 1.55. The van der Waals surface area contributed by atoms with Crippen molar-refractivity contribution in [2.45, 2.75) is 0 Å². The van der Waals surface area contributed by atoms with Gasteiger partial charge in [0.2, 0.25) is 0 Å². The highest BCUT2D eigenvalue weighted by molar-refractivity contribution is 5.41. The standard InChI is InChI=1S/C14H14N2O4/c15-11-1-5-13(6-2-11)19-9-10-20-14-7-3-12(4-8-14)16(17)18/h1-8H,9-10,15H2. The number of hydrogen-bond acceptors (Lipinski definition) is 5. The monoisotopic (exact) mass is 274 g/mol. The molecule has 0 saturated heterocycles. The van der Waals surface area contributed by atoms with Gasteiger partial charge in [-0.2, -0.15) is 0 Å². The van der Waals surface area contributed by atoms with Gasteiger partial charge >= 0.3 is 0 Å². The van der Waals surface area contributed by atoms with Crippen LogP contribution < -0.4 is 15.2 Å². The molecule has 0 heterocycles. The summed E-state index contributed by atoms with van der Waals surface area (Å²) in [6.07, 6.45) is 0. The number of ether oxygens (including phenoxy) is 2. The molecule has 0 aliphatic heterocycles. The summed E-state index contributed by atoms with van der Waals surface area (Å²) in [5, 5.41) is 10.5. The lowest BCUT2D eigenvalue weighted by Gasteiger charge is -2.08. The second kappa shape index (κ2) is 6.42. The summed E-state index contributed by atoms with van der Waals surface area (Å²) in [4.78, 5) is 10.0. The van der Waals surface area contributed by atoms with Gasteiger partial charge in [0.15, 0.2) is 0 Å². The number of rotatable bonds is 6. The lowest BCUT2D eigenvalue weighted by atomic mass is 10.3. The zero-order chi connectivity index (χ0) is 14.4. The molecule has 2 aromatic rings. The molecule has 0 aliphatic carbocycles. The molecule has 2 N–H and O–H groups in total. The van der Waals surface area contributed by atoms with E-state index >= 15 is 0 Å². The van der Waals surface area contributed by atoms with Gasteiger partial charge in [0.05, 0.1) is 4.92 Å². The molecule has 0 bridgehead atoms. The molecule has 0 amide bonds. The first kappa shape index (κ1) is 13.7. The molecule has 6 nitrogen and oxygen atoms in total. The molecule has 0 fully saturated rings. The summed E-state index contributed by atoms with van der Waals surface area (Å²) >= 11 is 0. The fourth-order valence-corrected chi connectivity index (χ4v) is 1.55. The topological polar surface area (TPSA) is 87.6 Å². The van der Waals surface area contributed by atoms with Crippen molar-refractivity contribution in [1.29, 1.82) is 0 Å². The number of nitrogens with zero attached hydrogens (tertiary/aromatic N) is 1. The minimum absolute atomic E-state index is 0.0375. The molecule has 104 valence electrons. The van der Waals surface area contributed by atoms with Crippen molar-refractivity contribution in [3.05, 3.63) is 58.6 Å². The van der Waals surface area contributed by atoms with E-state index in [1.807, 2.05) is 0 Å². The number of anilines is 1. The summed E-state index contributed by atoms with van der Waals surface area (Å²) in [5.74, 6) is 1.28. The van der Waals surface area contributed by atoms with Gasteiger partial charge in [0.25, 0.3) is 5.69 Å². The van der Waals surface area contributed by atoms with Crippen LogP contribution in [0.2, 0.25) is 0 Å². The SMILES string of the molecule is Nc1ccc(OCCOc2ccc([N+](=O)[O-])cc2)cc1. The molecule has 0 atom stereocenters. The maximum absolute atomic E-state index is 10.5. The van der Waals surface area contributed by atoms with Crippen molar-refractivity contribution in [2.24, 2.45) is 0 Å². The Bertz CT molecular complexity index is 567. The summed E-state index contributed by atoms with van der Waals surface area (Å²) in [6.45, 7) is 0.725. The zero-order valence-electron chi connectivity index (χ0n) is 10.7. The Balaban J connectivity index is 1.75. The summed E-state index contributed by atoms with van der Waals surface area (Å²) in [6, 6.07) is 13.0. The van der Waals surface area contributed by atoms with Crippen LogP contribution in [0.3, 0.4) is 0 Å². The average Bonchev–Trinajstić information content (AvgIpc) is 2.46. The minimum atomic E-state index is -0.450. The Morgan fingerprint density at radius 1 is 0.900 bits per heavy atom. The van der Waals surface area contributed by atoms with Crippen LogP contribution >= 0.6 is 0 Å². The van der Waals surface area contributed by atoms with E-state index in [2.05, 4.69) is 0 Å². The normalized spacial score (nSPS) is 10.0. The van der Waals surface area contributed by atoms with Gasteiger partial charge in [0.1, 0.15) is 24.7 Å². The molecule has 0 aromatic heterocycles. The first-order valence-corrected chi connectivity index (χ1v) is 6.01. The fraction of sp³-hybridized carbons (Fsp3) is 0.143. The number of nitrogen functional groups attached to an aromatic ring is 1. The molecular formula is C14H14N2O4. The van der Waals surface area contributed by atoms with Crippen LogP contribution in [-0.4, -0.2) is 18.1 Å². The lowest BCUT2D eigenvalue weighted by Crippen LogP contribution is -2.08. The average molecular weight is 274 g/mol. The predicted octanol–water partition coefficient (Wildman–Crippen LogP) is 2.63.